The number of carbonyl (C=O) groups excluding carboxylic acids is 2. The van der Waals surface area contributed by atoms with Crippen molar-refractivity contribution in [1.29, 1.82) is 0 Å². The van der Waals surface area contributed by atoms with Crippen molar-refractivity contribution in [2.24, 2.45) is 0 Å². The highest BCUT2D eigenvalue weighted by Gasteiger charge is 2.43. The van der Waals surface area contributed by atoms with Crippen LogP contribution in [0, 0.1) is 0 Å². The number of rotatable bonds is 11. The summed E-state index contributed by atoms with van der Waals surface area (Å²) in [5, 5.41) is 15.8. The van der Waals surface area contributed by atoms with Crippen molar-refractivity contribution in [2.75, 3.05) is 19.7 Å². The zero-order valence-electron chi connectivity index (χ0n) is 24.1. The van der Waals surface area contributed by atoms with Crippen LogP contribution in [0.3, 0.4) is 0 Å². The largest absolute Gasteiger partial charge is 0.480 e. The number of carboxylic acids is 1. The Balaban J connectivity index is 1.15. The summed E-state index contributed by atoms with van der Waals surface area (Å²) in [5.41, 5.74) is 4.42. The molecule has 0 unspecified atom stereocenters. The lowest BCUT2D eigenvalue weighted by molar-refractivity contribution is -0.150. The van der Waals surface area contributed by atoms with Gasteiger partial charge in [-0.25, -0.2) is 9.59 Å². The highest BCUT2D eigenvalue weighted by molar-refractivity contribution is 5.87. The number of nitrogens with zero attached hydrogens (tertiary/aromatic N) is 1. The minimum absolute atomic E-state index is 0.0131. The van der Waals surface area contributed by atoms with Gasteiger partial charge in [-0.05, 0) is 47.1 Å². The van der Waals surface area contributed by atoms with Gasteiger partial charge in [0.2, 0.25) is 5.91 Å². The number of ether oxygens (including phenoxy) is 1. The van der Waals surface area contributed by atoms with Gasteiger partial charge in [0.05, 0.1) is 0 Å². The summed E-state index contributed by atoms with van der Waals surface area (Å²) < 4.78 is 5.69. The maximum atomic E-state index is 13.1. The molecule has 0 bridgehead atoms. The van der Waals surface area contributed by atoms with Gasteiger partial charge in [-0.3, -0.25) is 9.69 Å². The molecule has 3 N–H and O–H groups in total. The van der Waals surface area contributed by atoms with Crippen molar-refractivity contribution in [3.05, 3.63) is 95.6 Å². The number of hydrogen-bond acceptors (Lipinski definition) is 5. The molecule has 1 aliphatic heterocycles. The van der Waals surface area contributed by atoms with E-state index in [4.69, 9.17) is 4.74 Å². The van der Waals surface area contributed by atoms with Crippen LogP contribution in [0.5, 0.6) is 0 Å². The minimum atomic E-state index is -1.31. The van der Waals surface area contributed by atoms with Crippen molar-refractivity contribution in [3.63, 3.8) is 0 Å². The van der Waals surface area contributed by atoms with Crippen LogP contribution in [0.2, 0.25) is 0 Å². The minimum Gasteiger partial charge on any atom is -0.480 e. The zero-order valence-corrected chi connectivity index (χ0v) is 24.1. The molecule has 3 aromatic carbocycles. The Morgan fingerprint density at radius 1 is 0.929 bits per heavy atom. The van der Waals surface area contributed by atoms with E-state index in [1.165, 1.54) is 5.56 Å². The average molecular weight is 570 g/mol. The number of amides is 2. The number of piperidine rings is 1. The molecule has 0 saturated carbocycles. The number of aliphatic carboxylic acids is 1. The van der Waals surface area contributed by atoms with E-state index in [0.717, 1.165) is 35.2 Å². The third kappa shape index (κ3) is 6.65. The number of alkyl carbamates (subject to hydrolysis) is 1. The zero-order chi connectivity index (χ0) is 29.5. The molecule has 8 heteroatoms. The molecule has 1 saturated heterocycles. The van der Waals surface area contributed by atoms with E-state index in [1.807, 2.05) is 49.4 Å². The number of likely N-dealkylation sites (tertiary alicyclic amines) is 1. The molecule has 5 rings (SSSR count). The van der Waals surface area contributed by atoms with E-state index < -0.39 is 23.6 Å². The lowest BCUT2D eigenvalue weighted by Crippen LogP contribution is -2.60. The van der Waals surface area contributed by atoms with Crippen LogP contribution in [0.25, 0.3) is 11.1 Å². The van der Waals surface area contributed by atoms with Gasteiger partial charge in [0, 0.05) is 38.0 Å². The molecule has 42 heavy (non-hydrogen) atoms. The molecule has 1 heterocycles. The summed E-state index contributed by atoms with van der Waals surface area (Å²) in [6.45, 7) is 4.04. The molecule has 8 nitrogen and oxygen atoms in total. The van der Waals surface area contributed by atoms with E-state index in [2.05, 4.69) is 51.9 Å². The lowest BCUT2D eigenvalue weighted by atomic mass is 9.87. The Labute approximate surface area is 247 Å². The first-order valence-corrected chi connectivity index (χ1v) is 14.8. The number of fused-ring (bicyclic) bond motifs is 3. The van der Waals surface area contributed by atoms with Gasteiger partial charge in [-0.15, -0.1) is 0 Å². The van der Waals surface area contributed by atoms with Gasteiger partial charge < -0.3 is 20.5 Å². The molecule has 0 aromatic heterocycles. The Bertz CT molecular complexity index is 1360. The van der Waals surface area contributed by atoms with Gasteiger partial charge in [-0.1, -0.05) is 92.2 Å². The number of carbonyl (C=O) groups is 3. The molecular formula is C34H39N3O5. The van der Waals surface area contributed by atoms with Crippen molar-refractivity contribution in [2.45, 2.75) is 63.1 Å². The molecule has 3 aromatic rings. The van der Waals surface area contributed by atoms with Crippen molar-refractivity contribution < 1.29 is 24.2 Å². The maximum absolute atomic E-state index is 13.1. The van der Waals surface area contributed by atoms with Crippen LogP contribution in [-0.4, -0.2) is 59.3 Å². The molecule has 1 fully saturated rings. The molecular weight excluding hydrogens is 530 g/mol. The second-order valence-corrected chi connectivity index (χ2v) is 11.4. The van der Waals surface area contributed by atoms with Crippen LogP contribution in [-0.2, 0) is 20.9 Å². The van der Waals surface area contributed by atoms with Crippen molar-refractivity contribution in [3.8, 4) is 11.1 Å². The van der Waals surface area contributed by atoms with Crippen LogP contribution in [0.4, 0.5) is 4.79 Å². The smallest absolute Gasteiger partial charge is 0.407 e. The van der Waals surface area contributed by atoms with Crippen LogP contribution in [0.1, 0.15) is 61.6 Å². The number of benzene rings is 3. The van der Waals surface area contributed by atoms with E-state index in [1.54, 1.807) is 0 Å². The normalized spacial score (nSPS) is 16.6. The van der Waals surface area contributed by atoms with Gasteiger partial charge in [0.1, 0.15) is 12.1 Å². The van der Waals surface area contributed by atoms with E-state index in [0.29, 0.717) is 32.4 Å². The Morgan fingerprint density at radius 3 is 2.12 bits per heavy atom. The number of hydrogen-bond donors (Lipinski definition) is 3. The Hall–Kier alpha value is -4.17. The highest BCUT2D eigenvalue weighted by atomic mass is 16.5. The SMILES string of the molecule is CCC[C@@H](CC(=O)NC1(C(=O)O)CCN(Cc2ccccc2)CC1)NC(=O)OCC1c2ccccc2-c2ccccc21. The fraction of sp³-hybridized carbons (Fsp3) is 0.382. The van der Waals surface area contributed by atoms with Crippen molar-refractivity contribution >= 4 is 18.0 Å². The summed E-state index contributed by atoms with van der Waals surface area (Å²) >= 11 is 0. The van der Waals surface area contributed by atoms with Gasteiger partial charge >= 0.3 is 12.1 Å². The van der Waals surface area contributed by atoms with Crippen molar-refractivity contribution in [1.82, 2.24) is 15.5 Å². The summed E-state index contributed by atoms with van der Waals surface area (Å²) in [5.74, 6) is -1.46. The quantitative estimate of drug-likeness (QED) is 0.289. The summed E-state index contributed by atoms with van der Waals surface area (Å²) in [4.78, 5) is 40.5. The fourth-order valence-electron chi connectivity index (χ4n) is 6.25. The number of nitrogens with one attached hydrogen (secondary N) is 2. The van der Waals surface area contributed by atoms with Crippen LogP contribution >= 0.6 is 0 Å². The first-order chi connectivity index (χ1) is 20.4. The second kappa shape index (κ2) is 13.2. The van der Waals surface area contributed by atoms with Crippen LogP contribution < -0.4 is 10.6 Å². The predicted molar refractivity (Wildman–Crippen MR) is 161 cm³/mol. The molecule has 1 aliphatic carbocycles. The fourth-order valence-corrected chi connectivity index (χ4v) is 6.25. The summed E-state index contributed by atoms with van der Waals surface area (Å²) in [6, 6.07) is 25.9. The monoisotopic (exact) mass is 569 g/mol. The molecule has 220 valence electrons. The third-order valence-electron chi connectivity index (χ3n) is 8.48. The molecule has 0 spiro atoms. The predicted octanol–water partition coefficient (Wildman–Crippen LogP) is 5.32. The third-order valence-corrected chi connectivity index (χ3v) is 8.48. The van der Waals surface area contributed by atoms with Crippen LogP contribution in [0.15, 0.2) is 78.9 Å². The second-order valence-electron chi connectivity index (χ2n) is 11.4. The van der Waals surface area contributed by atoms with Gasteiger partial charge in [-0.2, -0.15) is 0 Å². The first-order valence-electron chi connectivity index (χ1n) is 14.8. The number of carboxylic acid groups (broad SMARTS) is 1. The highest BCUT2D eigenvalue weighted by Crippen LogP contribution is 2.44. The molecule has 0 radical (unpaired) electrons. The standard InChI is InChI=1S/C34H39N3O5/c1-2-10-25(35-33(41)42-23-30-28-15-8-6-13-26(28)27-14-7-9-16-29(27)30)21-31(38)36-34(32(39)40)17-19-37(20-18-34)22-24-11-4-3-5-12-24/h3-9,11-16,25,30H,2,10,17-23H2,1H3,(H,35,41)(H,36,38)(H,39,40)/t25-/m0/s1. The maximum Gasteiger partial charge on any atom is 0.407 e. The Kier molecular flexibility index (Phi) is 9.22. The summed E-state index contributed by atoms with van der Waals surface area (Å²) in [6.07, 6.45) is 1.37. The molecule has 2 aliphatic rings. The lowest BCUT2D eigenvalue weighted by Gasteiger charge is -2.39. The summed E-state index contributed by atoms with van der Waals surface area (Å²) in [7, 11) is 0. The molecule has 2 amide bonds. The van der Waals surface area contributed by atoms with E-state index >= 15 is 0 Å². The van der Waals surface area contributed by atoms with E-state index in [-0.39, 0.29) is 24.9 Å². The first kappa shape index (κ1) is 29.3. The average Bonchev–Trinajstić information content (AvgIpc) is 3.31. The van der Waals surface area contributed by atoms with E-state index in [9.17, 15) is 19.5 Å². The molecule has 1 atom stereocenters. The Morgan fingerprint density at radius 2 is 1.52 bits per heavy atom. The van der Waals surface area contributed by atoms with Gasteiger partial charge in [0.25, 0.3) is 0 Å². The topological polar surface area (TPSA) is 108 Å². The van der Waals surface area contributed by atoms with Gasteiger partial charge in [0.15, 0.2) is 0 Å².